The summed E-state index contributed by atoms with van der Waals surface area (Å²) in [4.78, 5) is -0.134. The summed E-state index contributed by atoms with van der Waals surface area (Å²) in [6.45, 7) is 6.36. The smallest absolute Gasteiger partial charge is 0.266 e. The Hall–Kier alpha value is -0.970. The second kappa shape index (κ2) is 7.94. The molecule has 0 saturated carbocycles. The van der Waals surface area contributed by atoms with Crippen LogP contribution in [-0.4, -0.2) is 36.4 Å². The maximum Gasteiger partial charge on any atom is 0.296 e. The number of hydrogen-bond acceptors (Lipinski definition) is 7. The molecule has 0 aliphatic rings. The molecule has 0 saturated heterocycles. The van der Waals surface area contributed by atoms with Gasteiger partial charge in [-0.05, 0) is 36.6 Å². The van der Waals surface area contributed by atoms with Crippen LogP contribution in [0.1, 0.15) is 38.3 Å². The summed E-state index contributed by atoms with van der Waals surface area (Å²) in [5.41, 5.74) is -0.398. The summed E-state index contributed by atoms with van der Waals surface area (Å²) in [6, 6.07) is 4.14. The summed E-state index contributed by atoms with van der Waals surface area (Å²) in [5, 5.41) is 0. The van der Waals surface area contributed by atoms with Gasteiger partial charge in [-0.3, -0.25) is 4.18 Å². The zero-order valence-corrected chi connectivity index (χ0v) is 16.5. The van der Waals surface area contributed by atoms with E-state index in [9.17, 15) is 25.3 Å². The molecule has 0 unspecified atom stereocenters. The Kier molecular flexibility index (Phi) is 6.97. The highest BCUT2D eigenvalue weighted by atomic mass is 32.2. The van der Waals surface area contributed by atoms with Crippen LogP contribution in [-0.2, 0) is 41.1 Å². The average molecular weight is 399 g/mol. The van der Waals surface area contributed by atoms with Gasteiger partial charge in [-0.2, -0.15) is 8.42 Å². The molecular formula is C14H22O7S3. The van der Waals surface area contributed by atoms with Crippen LogP contribution in [0.4, 0.5) is 0 Å². The van der Waals surface area contributed by atoms with Gasteiger partial charge in [0.2, 0.25) is 0 Å². The van der Waals surface area contributed by atoms with Gasteiger partial charge >= 0.3 is 0 Å². The molecule has 1 aromatic carbocycles. The monoisotopic (exact) mass is 398 g/mol. The van der Waals surface area contributed by atoms with E-state index in [1.807, 2.05) is 0 Å². The van der Waals surface area contributed by atoms with Gasteiger partial charge in [-0.1, -0.05) is 26.8 Å². The first kappa shape index (κ1) is 21.1. The van der Waals surface area contributed by atoms with Crippen LogP contribution >= 0.6 is 0 Å². The second-order valence-electron chi connectivity index (χ2n) is 5.92. The summed E-state index contributed by atoms with van der Waals surface area (Å²) in [7, 11) is -10.5. The highest BCUT2D eigenvalue weighted by molar-refractivity contribution is 7.91. The van der Waals surface area contributed by atoms with Crippen molar-refractivity contribution < 1.29 is 29.4 Å². The van der Waals surface area contributed by atoms with Gasteiger partial charge in [0.1, 0.15) is 0 Å². The predicted molar refractivity (Wildman–Crippen MR) is 92.1 cm³/mol. The van der Waals surface area contributed by atoms with Gasteiger partial charge in [0.05, 0.1) is 11.5 Å². The van der Waals surface area contributed by atoms with E-state index in [1.54, 1.807) is 13.8 Å². The lowest BCUT2D eigenvalue weighted by atomic mass is 9.83. The minimum Gasteiger partial charge on any atom is -0.266 e. The van der Waals surface area contributed by atoms with Crippen LogP contribution in [0.25, 0.3) is 0 Å². The van der Waals surface area contributed by atoms with Crippen LogP contribution in [0.5, 0.6) is 0 Å². The van der Waals surface area contributed by atoms with Gasteiger partial charge < -0.3 is 0 Å². The molecule has 1 aromatic rings. The third-order valence-electron chi connectivity index (χ3n) is 3.68. The molecule has 7 nitrogen and oxygen atoms in total. The first-order chi connectivity index (χ1) is 10.9. The molecule has 0 spiro atoms. The Bertz CT molecular complexity index is 811. The Labute approximate surface area is 146 Å². The highest BCUT2D eigenvalue weighted by Gasteiger charge is 2.38. The van der Waals surface area contributed by atoms with E-state index < -0.39 is 41.5 Å². The molecule has 0 bridgehead atoms. The summed E-state index contributed by atoms with van der Waals surface area (Å²) in [5.74, 6) is 0. The zero-order valence-electron chi connectivity index (χ0n) is 13.9. The molecule has 0 atom stereocenters. The highest BCUT2D eigenvalue weighted by Crippen LogP contribution is 2.33. The van der Waals surface area contributed by atoms with Crippen molar-refractivity contribution in [1.29, 1.82) is 0 Å². The largest absolute Gasteiger partial charge is 0.296 e. The SMILES string of the molecule is CCCOS(=O)(=O)c1ccc(C)c(C(C)(C)C([SH](=O)=O)[SH](=O)=O)c1. The number of thiol groups is 2. The van der Waals surface area contributed by atoms with E-state index in [0.717, 1.165) is 0 Å². The average Bonchev–Trinajstić information content (AvgIpc) is 2.43. The lowest BCUT2D eigenvalue weighted by Crippen LogP contribution is -2.36. The molecule has 138 valence electrons. The van der Waals surface area contributed by atoms with E-state index >= 15 is 0 Å². The molecule has 0 aliphatic heterocycles. The molecule has 0 radical (unpaired) electrons. The normalized spacial score (nSPS) is 13.1. The fraction of sp³-hybridized carbons (Fsp3) is 0.571. The molecule has 0 N–H and O–H groups in total. The molecular weight excluding hydrogens is 376 g/mol. The summed E-state index contributed by atoms with van der Waals surface area (Å²) < 4.78 is 73.2. The van der Waals surface area contributed by atoms with Crippen molar-refractivity contribution in [2.75, 3.05) is 6.61 Å². The van der Waals surface area contributed by atoms with Crippen molar-refractivity contribution in [2.45, 2.75) is 49.0 Å². The second-order valence-corrected chi connectivity index (χ2v) is 10.1. The molecule has 24 heavy (non-hydrogen) atoms. The summed E-state index contributed by atoms with van der Waals surface area (Å²) in [6.07, 6.45) is 0.513. The van der Waals surface area contributed by atoms with Gasteiger partial charge in [0.15, 0.2) is 26.0 Å². The Morgan fingerprint density at radius 1 is 1.12 bits per heavy atom. The van der Waals surface area contributed by atoms with Crippen molar-refractivity contribution in [1.82, 2.24) is 0 Å². The van der Waals surface area contributed by atoms with Gasteiger partial charge in [0, 0.05) is 5.41 Å². The van der Waals surface area contributed by atoms with Crippen LogP contribution in [0, 0.1) is 6.92 Å². The fourth-order valence-electron chi connectivity index (χ4n) is 2.45. The maximum absolute atomic E-state index is 12.2. The molecule has 0 heterocycles. The Morgan fingerprint density at radius 2 is 1.67 bits per heavy atom. The fourth-order valence-corrected chi connectivity index (χ4v) is 5.42. The quantitative estimate of drug-likeness (QED) is 0.495. The molecule has 1 rings (SSSR count). The number of rotatable bonds is 8. The molecule has 0 fully saturated rings. The van der Waals surface area contributed by atoms with Gasteiger partial charge in [0.25, 0.3) is 10.1 Å². The predicted octanol–water partition coefficient (Wildman–Crippen LogP) is 0.937. The number of aryl methyl sites for hydroxylation is 1. The van der Waals surface area contributed by atoms with E-state index in [-0.39, 0.29) is 11.5 Å². The van der Waals surface area contributed by atoms with E-state index in [4.69, 9.17) is 4.18 Å². The topological polar surface area (TPSA) is 112 Å². The molecule has 10 heteroatoms. The minimum atomic E-state index is -3.99. The number of benzene rings is 1. The summed E-state index contributed by atoms with van der Waals surface area (Å²) >= 11 is 0. The van der Waals surface area contributed by atoms with Crippen LogP contribution in [0.2, 0.25) is 0 Å². The lowest BCUT2D eigenvalue weighted by molar-refractivity contribution is 0.318. The van der Waals surface area contributed by atoms with Crippen LogP contribution in [0.15, 0.2) is 23.1 Å². The maximum atomic E-state index is 12.2. The van der Waals surface area contributed by atoms with E-state index in [1.165, 1.54) is 32.0 Å². The minimum absolute atomic E-state index is 0.0242. The lowest BCUT2D eigenvalue weighted by Gasteiger charge is -2.29. The number of hydrogen-bond donors (Lipinski definition) is 2. The Balaban J connectivity index is 3.52. The van der Waals surface area contributed by atoms with Crippen LogP contribution < -0.4 is 0 Å². The van der Waals surface area contributed by atoms with E-state index in [0.29, 0.717) is 17.5 Å². The Morgan fingerprint density at radius 3 is 2.12 bits per heavy atom. The standard InChI is InChI=1S/C14H22O7S3/c1-5-8-21-24(19,20)11-7-6-10(2)12(9-11)14(3,4)13(22(15)16)23(17)18/h6-7,9,13,22-23H,5,8H2,1-4H3. The van der Waals surface area contributed by atoms with Crippen LogP contribution in [0.3, 0.4) is 0 Å². The zero-order chi connectivity index (χ0) is 18.7. The van der Waals surface area contributed by atoms with Crippen molar-refractivity contribution in [3.63, 3.8) is 0 Å². The molecule has 0 amide bonds. The van der Waals surface area contributed by atoms with Crippen molar-refractivity contribution in [2.24, 2.45) is 0 Å². The van der Waals surface area contributed by atoms with E-state index in [2.05, 4.69) is 0 Å². The molecule has 0 aliphatic carbocycles. The van der Waals surface area contributed by atoms with Crippen molar-refractivity contribution in [3.05, 3.63) is 29.3 Å². The van der Waals surface area contributed by atoms with Crippen molar-refractivity contribution in [3.8, 4) is 0 Å². The van der Waals surface area contributed by atoms with Gasteiger partial charge in [-0.15, -0.1) is 0 Å². The third kappa shape index (κ3) is 4.56. The first-order valence-electron chi connectivity index (χ1n) is 7.22. The first-order valence-corrected chi connectivity index (χ1v) is 11.1. The van der Waals surface area contributed by atoms with Gasteiger partial charge in [-0.25, -0.2) is 16.8 Å². The van der Waals surface area contributed by atoms with Crippen molar-refractivity contribution >= 4 is 31.5 Å². The molecule has 0 aromatic heterocycles. The third-order valence-corrected chi connectivity index (χ3v) is 8.21.